The lowest BCUT2D eigenvalue weighted by Crippen LogP contribution is -2.11. The highest BCUT2D eigenvalue weighted by Gasteiger charge is 2.27. The van der Waals surface area contributed by atoms with Crippen LogP contribution in [0.25, 0.3) is 11.3 Å². The van der Waals surface area contributed by atoms with Crippen LogP contribution in [0.1, 0.15) is 35.2 Å². The maximum absolute atomic E-state index is 12.4. The minimum atomic E-state index is -4.24. The minimum absolute atomic E-state index is 0.0639. The van der Waals surface area contributed by atoms with Crippen LogP contribution in [0.2, 0.25) is 0 Å². The van der Waals surface area contributed by atoms with Gasteiger partial charge in [-0.2, -0.15) is 18.1 Å². The smallest absolute Gasteiger partial charge is 0.389 e. The van der Waals surface area contributed by atoms with Gasteiger partial charge < -0.3 is 15.8 Å². The zero-order valence-corrected chi connectivity index (χ0v) is 15.3. The number of ether oxygens (including phenoxy) is 1. The highest BCUT2D eigenvalue weighted by Crippen LogP contribution is 2.38. The number of aromatic nitrogens is 2. The molecule has 0 radical (unpaired) electrons. The average Bonchev–Trinajstić information content (AvgIpc) is 3.06. The molecule has 0 saturated heterocycles. The van der Waals surface area contributed by atoms with E-state index in [4.69, 9.17) is 10.5 Å². The molecular formula is C18H20F3N5O2. The lowest BCUT2D eigenvalue weighted by Gasteiger charge is -2.17. The van der Waals surface area contributed by atoms with Crippen LogP contribution in [-0.4, -0.2) is 22.8 Å². The van der Waals surface area contributed by atoms with Gasteiger partial charge in [0, 0.05) is 30.6 Å². The second-order valence-corrected chi connectivity index (χ2v) is 6.60. The number of halogens is 3. The van der Waals surface area contributed by atoms with Crippen LogP contribution < -0.4 is 15.8 Å². The molecule has 28 heavy (non-hydrogen) atoms. The van der Waals surface area contributed by atoms with Crippen molar-refractivity contribution in [1.29, 1.82) is 0 Å². The van der Waals surface area contributed by atoms with Crippen molar-refractivity contribution in [3.05, 3.63) is 39.4 Å². The average molecular weight is 395 g/mol. The molecule has 1 aromatic carbocycles. The van der Waals surface area contributed by atoms with Gasteiger partial charge in [-0.25, -0.2) is 9.97 Å². The van der Waals surface area contributed by atoms with Gasteiger partial charge in [-0.3, -0.25) is 0 Å². The first-order chi connectivity index (χ1) is 13.3. The van der Waals surface area contributed by atoms with Crippen molar-refractivity contribution in [3.8, 4) is 17.0 Å². The first kappa shape index (κ1) is 20.0. The fraction of sp³-hybridized carbons (Fsp3) is 0.444. The Morgan fingerprint density at radius 2 is 2.07 bits per heavy atom. The number of benzene rings is 1. The van der Waals surface area contributed by atoms with Gasteiger partial charge in [0.25, 0.3) is 0 Å². The third-order valence-electron chi connectivity index (χ3n) is 4.41. The van der Waals surface area contributed by atoms with Crippen molar-refractivity contribution in [3.63, 3.8) is 0 Å². The number of nitrogens with one attached hydrogen (secondary N) is 1. The molecule has 7 nitrogen and oxygen atoms in total. The van der Waals surface area contributed by atoms with Gasteiger partial charge in [-0.15, -0.1) is 0 Å². The summed E-state index contributed by atoms with van der Waals surface area (Å²) in [5.41, 5.74) is 10.1. The van der Waals surface area contributed by atoms with Gasteiger partial charge in [0.05, 0.1) is 18.0 Å². The highest BCUT2D eigenvalue weighted by molar-refractivity contribution is 5.75. The Labute approximate surface area is 159 Å². The number of nitroso groups, excluding NO2 is 1. The van der Waals surface area contributed by atoms with Crippen LogP contribution in [0.15, 0.2) is 17.3 Å². The number of nitrogens with two attached hydrogens (primary N) is 1. The predicted molar refractivity (Wildman–Crippen MR) is 97.4 cm³/mol. The lowest BCUT2D eigenvalue weighted by atomic mass is 9.97. The van der Waals surface area contributed by atoms with Crippen LogP contribution in [0.4, 0.5) is 19.1 Å². The number of hydrogen-bond acceptors (Lipinski definition) is 7. The van der Waals surface area contributed by atoms with Gasteiger partial charge in [0.15, 0.2) is 0 Å². The Hall–Kier alpha value is -2.75. The van der Waals surface area contributed by atoms with Crippen LogP contribution in [0.5, 0.6) is 5.75 Å². The van der Waals surface area contributed by atoms with E-state index in [1.165, 1.54) is 0 Å². The lowest BCUT2D eigenvalue weighted by molar-refractivity contribution is -0.136. The molecule has 0 spiro atoms. The quantitative estimate of drug-likeness (QED) is 0.548. The summed E-state index contributed by atoms with van der Waals surface area (Å²) in [7, 11) is 0. The van der Waals surface area contributed by atoms with Gasteiger partial charge in [0.2, 0.25) is 5.95 Å². The summed E-state index contributed by atoms with van der Waals surface area (Å²) in [5, 5.41) is 6.07. The van der Waals surface area contributed by atoms with E-state index in [0.717, 1.165) is 16.8 Å². The fourth-order valence-corrected chi connectivity index (χ4v) is 3.26. The van der Waals surface area contributed by atoms with Gasteiger partial charge in [-0.1, -0.05) is 11.2 Å². The number of anilines is 1. The van der Waals surface area contributed by atoms with E-state index in [2.05, 4.69) is 20.5 Å². The number of nitrogen functional groups attached to an aromatic ring is 1. The van der Waals surface area contributed by atoms with Crippen molar-refractivity contribution in [2.45, 2.75) is 45.6 Å². The normalized spacial score (nSPS) is 13.4. The molecule has 0 aliphatic carbocycles. The molecule has 0 unspecified atom stereocenters. The summed E-state index contributed by atoms with van der Waals surface area (Å²) in [5.74, 6) is 0.464. The van der Waals surface area contributed by atoms with Gasteiger partial charge >= 0.3 is 6.18 Å². The molecule has 2 heterocycles. The Kier molecular flexibility index (Phi) is 5.78. The standard InChI is InChI=1S/C18H20F3N5O2/c1-10-5-11(7-24-27)6-14(28-4-2-3-18(19,20)21)15(10)16-12-8-23-9-13(12)25-17(22)26-16/h5-6,23H,2-4,7-9H2,1H3,(H2,22,25,26). The monoisotopic (exact) mass is 395 g/mol. The minimum Gasteiger partial charge on any atom is -0.493 e. The molecule has 0 atom stereocenters. The number of hydrogen-bond donors (Lipinski definition) is 2. The maximum atomic E-state index is 12.4. The van der Waals surface area contributed by atoms with E-state index in [0.29, 0.717) is 35.7 Å². The molecule has 0 bridgehead atoms. The molecule has 3 N–H and O–H groups in total. The summed E-state index contributed by atoms with van der Waals surface area (Å²) in [4.78, 5) is 19.3. The highest BCUT2D eigenvalue weighted by atomic mass is 19.4. The molecule has 0 fully saturated rings. The molecule has 1 aliphatic heterocycles. The van der Waals surface area contributed by atoms with E-state index in [9.17, 15) is 18.1 Å². The van der Waals surface area contributed by atoms with Crippen molar-refractivity contribution in [1.82, 2.24) is 15.3 Å². The van der Waals surface area contributed by atoms with Gasteiger partial charge in [0.1, 0.15) is 12.3 Å². The second kappa shape index (κ2) is 8.09. The van der Waals surface area contributed by atoms with Crippen molar-refractivity contribution in [2.75, 3.05) is 12.3 Å². The summed E-state index contributed by atoms with van der Waals surface area (Å²) < 4.78 is 42.9. The largest absolute Gasteiger partial charge is 0.493 e. The number of aryl methyl sites for hydroxylation is 1. The van der Waals surface area contributed by atoms with Crippen LogP contribution in [0, 0.1) is 11.8 Å². The Balaban J connectivity index is 1.99. The Morgan fingerprint density at radius 3 is 2.79 bits per heavy atom. The number of rotatable bonds is 7. The number of fused-ring (bicyclic) bond motifs is 1. The first-order valence-electron chi connectivity index (χ1n) is 8.77. The van der Waals surface area contributed by atoms with Crippen LogP contribution in [-0.2, 0) is 19.6 Å². The predicted octanol–water partition coefficient (Wildman–Crippen LogP) is 3.63. The summed E-state index contributed by atoms with van der Waals surface area (Å²) in [6.07, 6.45) is -5.35. The maximum Gasteiger partial charge on any atom is 0.389 e. The van der Waals surface area contributed by atoms with Crippen molar-refractivity contribution in [2.24, 2.45) is 5.18 Å². The Morgan fingerprint density at radius 1 is 1.29 bits per heavy atom. The van der Waals surface area contributed by atoms with Crippen LogP contribution in [0.3, 0.4) is 0 Å². The molecule has 0 amide bonds. The molecule has 1 aliphatic rings. The molecule has 1 aromatic heterocycles. The summed E-state index contributed by atoms with van der Waals surface area (Å²) in [6.45, 7) is 2.74. The number of alkyl halides is 3. The molecule has 3 rings (SSSR count). The van der Waals surface area contributed by atoms with Gasteiger partial charge in [-0.05, 0) is 30.5 Å². The van der Waals surface area contributed by atoms with E-state index in [-0.39, 0.29) is 25.5 Å². The Bertz CT molecular complexity index is 887. The zero-order valence-electron chi connectivity index (χ0n) is 15.3. The third kappa shape index (κ3) is 4.56. The number of nitrogens with zero attached hydrogens (tertiary/aromatic N) is 3. The van der Waals surface area contributed by atoms with E-state index < -0.39 is 12.6 Å². The molecule has 0 saturated carbocycles. The van der Waals surface area contributed by atoms with Crippen molar-refractivity contribution < 1.29 is 17.9 Å². The van der Waals surface area contributed by atoms with E-state index in [1.54, 1.807) is 12.1 Å². The first-order valence-corrected chi connectivity index (χ1v) is 8.77. The molecule has 10 heteroatoms. The summed E-state index contributed by atoms with van der Waals surface area (Å²) in [6, 6.07) is 3.40. The molecule has 150 valence electrons. The topological polar surface area (TPSA) is 102 Å². The fourth-order valence-electron chi connectivity index (χ4n) is 3.26. The van der Waals surface area contributed by atoms with E-state index >= 15 is 0 Å². The van der Waals surface area contributed by atoms with E-state index in [1.807, 2.05) is 6.92 Å². The third-order valence-corrected chi connectivity index (χ3v) is 4.41. The van der Waals surface area contributed by atoms with Crippen LogP contribution >= 0.6 is 0 Å². The SMILES string of the molecule is Cc1cc(CN=O)cc(OCCCC(F)(F)F)c1-c1nc(N)nc2c1CNC2. The van der Waals surface area contributed by atoms with Crippen molar-refractivity contribution >= 4 is 5.95 Å². The summed E-state index contributed by atoms with van der Waals surface area (Å²) >= 11 is 0. The molecular weight excluding hydrogens is 375 g/mol. The second-order valence-electron chi connectivity index (χ2n) is 6.60. The zero-order chi connectivity index (χ0) is 20.3. The molecule has 2 aromatic rings.